The van der Waals surface area contributed by atoms with Crippen LogP contribution in [0, 0.1) is 12.7 Å². The van der Waals surface area contributed by atoms with Gasteiger partial charge in [0.2, 0.25) is 5.89 Å². The number of hydrogen-bond donors (Lipinski definition) is 1. The molecule has 0 aliphatic rings. The zero-order chi connectivity index (χ0) is 20.8. The highest BCUT2D eigenvalue weighted by molar-refractivity contribution is 5.70. The quantitative estimate of drug-likeness (QED) is 0.569. The second kappa shape index (κ2) is 9.43. The predicted molar refractivity (Wildman–Crippen MR) is 106 cm³/mol. The SMILES string of the molecule is Cc1ccc([C@@H](CC(=O)OC(C)C)NCc2nnc(-c3ccccc3F)o2)cc1. The van der Waals surface area contributed by atoms with E-state index in [-0.39, 0.29) is 42.5 Å². The first kappa shape index (κ1) is 20.7. The van der Waals surface area contributed by atoms with Gasteiger partial charge in [0.05, 0.1) is 24.6 Å². The minimum Gasteiger partial charge on any atom is -0.463 e. The van der Waals surface area contributed by atoms with E-state index in [4.69, 9.17) is 9.15 Å². The van der Waals surface area contributed by atoms with Crippen molar-refractivity contribution in [1.29, 1.82) is 0 Å². The van der Waals surface area contributed by atoms with E-state index in [1.807, 2.05) is 45.0 Å². The van der Waals surface area contributed by atoms with E-state index in [9.17, 15) is 9.18 Å². The van der Waals surface area contributed by atoms with Gasteiger partial charge in [0.1, 0.15) is 5.82 Å². The molecule has 7 heteroatoms. The number of carbonyl (C=O) groups excluding carboxylic acids is 1. The third-order valence-corrected chi connectivity index (χ3v) is 4.29. The molecule has 1 N–H and O–H groups in total. The van der Waals surface area contributed by atoms with Crippen molar-refractivity contribution in [2.24, 2.45) is 0 Å². The van der Waals surface area contributed by atoms with Crippen LogP contribution in [0.4, 0.5) is 4.39 Å². The number of aryl methyl sites for hydroxylation is 1. The number of aromatic nitrogens is 2. The van der Waals surface area contributed by atoms with E-state index in [1.54, 1.807) is 18.2 Å². The maximum atomic E-state index is 13.9. The van der Waals surface area contributed by atoms with E-state index < -0.39 is 5.82 Å². The summed E-state index contributed by atoms with van der Waals surface area (Å²) in [7, 11) is 0. The van der Waals surface area contributed by atoms with Gasteiger partial charge in [-0.3, -0.25) is 4.79 Å². The van der Waals surface area contributed by atoms with Gasteiger partial charge >= 0.3 is 5.97 Å². The minimum absolute atomic E-state index is 0.117. The van der Waals surface area contributed by atoms with Crippen LogP contribution < -0.4 is 5.32 Å². The van der Waals surface area contributed by atoms with Gasteiger partial charge in [0.25, 0.3) is 5.89 Å². The molecule has 0 bridgehead atoms. The van der Waals surface area contributed by atoms with Gasteiger partial charge in [-0.25, -0.2) is 4.39 Å². The summed E-state index contributed by atoms with van der Waals surface area (Å²) >= 11 is 0. The zero-order valence-electron chi connectivity index (χ0n) is 16.7. The average molecular weight is 397 g/mol. The van der Waals surface area contributed by atoms with Crippen LogP contribution in [0.15, 0.2) is 52.9 Å². The maximum Gasteiger partial charge on any atom is 0.307 e. The van der Waals surface area contributed by atoms with Crippen molar-refractivity contribution in [2.45, 2.75) is 45.9 Å². The largest absolute Gasteiger partial charge is 0.463 e. The Morgan fingerprint density at radius 1 is 1.14 bits per heavy atom. The van der Waals surface area contributed by atoms with E-state index >= 15 is 0 Å². The Balaban J connectivity index is 1.72. The number of esters is 1. The van der Waals surface area contributed by atoms with Crippen molar-refractivity contribution in [2.75, 3.05) is 0 Å². The van der Waals surface area contributed by atoms with Crippen LogP contribution in [0.2, 0.25) is 0 Å². The van der Waals surface area contributed by atoms with Crippen LogP contribution in [0.25, 0.3) is 11.5 Å². The summed E-state index contributed by atoms with van der Waals surface area (Å²) in [4.78, 5) is 12.2. The van der Waals surface area contributed by atoms with Crippen molar-refractivity contribution < 1.29 is 18.3 Å². The molecule has 0 amide bonds. The number of ether oxygens (including phenoxy) is 1. The Kier molecular flexibility index (Phi) is 6.72. The summed E-state index contributed by atoms with van der Waals surface area (Å²) in [6, 6.07) is 13.8. The van der Waals surface area contributed by atoms with Crippen LogP contribution >= 0.6 is 0 Å². The predicted octanol–water partition coefficient (Wildman–Crippen LogP) is 4.36. The lowest BCUT2D eigenvalue weighted by Gasteiger charge is -2.19. The second-order valence-electron chi connectivity index (χ2n) is 7.07. The fourth-order valence-electron chi connectivity index (χ4n) is 2.86. The van der Waals surface area contributed by atoms with Gasteiger partial charge in [0.15, 0.2) is 0 Å². The Hall–Kier alpha value is -3.06. The Morgan fingerprint density at radius 2 is 1.86 bits per heavy atom. The molecule has 152 valence electrons. The summed E-state index contributed by atoms with van der Waals surface area (Å²) in [5.74, 6) is -0.302. The maximum absolute atomic E-state index is 13.9. The molecular weight excluding hydrogens is 373 g/mol. The number of rotatable bonds is 8. The highest BCUT2D eigenvalue weighted by Crippen LogP contribution is 2.22. The zero-order valence-corrected chi connectivity index (χ0v) is 16.7. The topological polar surface area (TPSA) is 77.2 Å². The smallest absolute Gasteiger partial charge is 0.307 e. The molecule has 29 heavy (non-hydrogen) atoms. The molecule has 1 aromatic heterocycles. The molecular formula is C22H24FN3O3. The van der Waals surface area contributed by atoms with Crippen LogP contribution in [0.3, 0.4) is 0 Å². The molecule has 0 fully saturated rings. The monoisotopic (exact) mass is 397 g/mol. The molecule has 0 saturated heterocycles. The van der Waals surface area contributed by atoms with Crippen molar-refractivity contribution in [3.05, 3.63) is 71.4 Å². The summed E-state index contributed by atoms with van der Waals surface area (Å²) in [6.45, 7) is 5.86. The summed E-state index contributed by atoms with van der Waals surface area (Å²) < 4.78 is 24.8. The van der Waals surface area contributed by atoms with Gasteiger partial charge in [-0.15, -0.1) is 10.2 Å². The molecule has 6 nitrogen and oxygen atoms in total. The van der Waals surface area contributed by atoms with Crippen LogP contribution in [0.5, 0.6) is 0 Å². The lowest BCUT2D eigenvalue weighted by atomic mass is 10.0. The lowest BCUT2D eigenvalue weighted by Crippen LogP contribution is -2.25. The number of nitrogens with one attached hydrogen (secondary N) is 1. The number of benzene rings is 2. The molecule has 0 radical (unpaired) electrons. The third-order valence-electron chi connectivity index (χ3n) is 4.29. The van der Waals surface area contributed by atoms with Gasteiger partial charge in [-0.2, -0.15) is 0 Å². The van der Waals surface area contributed by atoms with Crippen LogP contribution in [-0.4, -0.2) is 22.3 Å². The van der Waals surface area contributed by atoms with Gasteiger partial charge in [-0.1, -0.05) is 42.0 Å². The molecule has 0 saturated carbocycles. The molecule has 3 rings (SSSR count). The van der Waals surface area contributed by atoms with Crippen molar-refractivity contribution >= 4 is 5.97 Å². The third kappa shape index (κ3) is 5.71. The van der Waals surface area contributed by atoms with Crippen LogP contribution in [-0.2, 0) is 16.1 Å². The molecule has 0 aliphatic carbocycles. The molecule has 0 unspecified atom stereocenters. The minimum atomic E-state index is -0.426. The first-order valence-corrected chi connectivity index (χ1v) is 9.49. The normalized spacial score (nSPS) is 12.2. The van der Waals surface area contributed by atoms with Gasteiger partial charge in [0, 0.05) is 6.04 Å². The van der Waals surface area contributed by atoms with E-state index in [0.29, 0.717) is 5.89 Å². The Labute approximate surface area is 169 Å². The van der Waals surface area contributed by atoms with E-state index in [1.165, 1.54) is 6.07 Å². The van der Waals surface area contributed by atoms with Crippen molar-refractivity contribution in [1.82, 2.24) is 15.5 Å². The molecule has 1 atom stereocenters. The fourth-order valence-corrected chi connectivity index (χ4v) is 2.86. The standard InChI is InChI=1S/C22H24FN3O3/c1-14(2)28-21(27)12-19(16-10-8-15(3)9-11-16)24-13-20-25-26-22(29-20)17-6-4-5-7-18(17)23/h4-11,14,19,24H,12-13H2,1-3H3/t19-/m1/s1. The van der Waals surface area contributed by atoms with Crippen molar-refractivity contribution in [3.8, 4) is 11.5 Å². The Morgan fingerprint density at radius 3 is 2.55 bits per heavy atom. The lowest BCUT2D eigenvalue weighted by molar-refractivity contribution is -0.148. The highest BCUT2D eigenvalue weighted by atomic mass is 19.1. The number of halogens is 1. The fraction of sp³-hybridized carbons (Fsp3) is 0.318. The summed E-state index contributed by atoms with van der Waals surface area (Å²) in [5.41, 5.74) is 2.33. The number of hydrogen-bond acceptors (Lipinski definition) is 6. The summed E-state index contributed by atoms with van der Waals surface area (Å²) in [6.07, 6.45) is -0.0179. The molecule has 0 aliphatic heterocycles. The first-order chi connectivity index (χ1) is 13.9. The van der Waals surface area contributed by atoms with Crippen LogP contribution in [0.1, 0.15) is 43.3 Å². The highest BCUT2D eigenvalue weighted by Gasteiger charge is 2.19. The molecule has 3 aromatic rings. The number of nitrogens with zero attached hydrogens (tertiary/aromatic N) is 2. The Bertz CT molecular complexity index is 954. The molecule has 0 spiro atoms. The van der Waals surface area contributed by atoms with Crippen molar-refractivity contribution in [3.63, 3.8) is 0 Å². The van der Waals surface area contributed by atoms with E-state index in [2.05, 4.69) is 15.5 Å². The van der Waals surface area contributed by atoms with Gasteiger partial charge in [-0.05, 0) is 38.5 Å². The molecule has 1 heterocycles. The second-order valence-corrected chi connectivity index (χ2v) is 7.07. The number of carbonyl (C=O) groups is 1. The molecule has 2 aromatic carbocycles. The summed E-state index contributed by atoms with van der Waals surface area (Å²) in [5, 5.41) is 11.2. The first-order valence-electron chi connectivity index (χ1n) is 9.49. The van der Waals surface area contributed by atoms with E-state index in [0.717, 1.165) is 11.1 Å². The van der Waals surface area contributed by atoms with Gasteiger partial charge < -0.3 is 14.5 Å². The average Bonchev–Trinajstić information content (AvgIpc) is 3.14.